The maximum Gasteiger partial charge on any atom is 1.00 e. The average molecular weight is 356 g/mol. The summed E-state index contributed by atoms with van der Waals surface area (Å²) < 4.78 is 88.7. The molecule has 0 unspecified atom stereocenters. The molecule has 0 fully saturated rings. The van der Waals surface area contributed by atoms with Crippen LogP contribution in [0.4, 0.5) is 13.2 Å². The molecule has 0 spiro atoms. The Morgan fingerprint density at radius 2 is 1.76 bits per heavy atom. The third-order valence-corrected chi connectivity index (χ3v) is 3.98. The van der Waals surface area contributed by atoms with Crippen molar-refractivity contribution in [2.75, 3.05) is 0 Å². The van der Waals surface area contributed by atoms with Crippen LogP contribution in [0.3, 0.4) is 0 Å². The first-order valence-corrected chi connectivity index (χ1v) is 7.46. The summed E-state index contributed by atoms with van der Waals surface area (Å²) in [5.74, 6) is -0.823. The molecule has 0 amide bonds. The molecule has 0 saturated carbocycles. The minimum absolute atomic E-state index is 0. The van der Waals surface area contributed by atoms with Crippen LogP contribution in [0.1, 0.15) is 1.43 Å². The summed E-state index contributed by atoms with van der Waals surface area (Å²) in [6.07, 6.45) is 0.593. The number of hydrogen-bond donors (Lipinski definition) is 0. The van der Waals surface area contributed by atoms with Gasteiger partial charge in [0.2, 0.25) is 0 Å². The van der Waals surface area contributed by atoms with Gasteiger partial charge in [-0.1, -0.05) is 12.6 Å². The quantitative estimate of drug-likeness (QED) is 0.288. The van der Waals surface area contributed by atoms with E-state index in [1.165, 1.54) is 0 Å². The second-order valence-corrected chi connectivity index (χ2v) is 6.29. The fraction of sp³-hybridized carbons (Fsp3) is 0.111. The summed E-state index contributed by atoms with van der Waals surface area (Å²) in [6.45, 7) is 3.01. The Kier molecular flexibility index (Phi) is 6.76. The van der Waals surface area contributed by atoms with Gasteiger partial charge in [-0.2, -0.15) is 30.0 Å². The van der Waals surface area contributed by atoms with Crippen molar-refractivity contribution in [2.24, 2.45) is 0 Å². The summed E-state index contributed by atoms with van der Waals surface area (Å²) in [5, 5.41) is 0. The Morgan fingerprint density at radius 3 is 2.24 bits per heavy atom. The molecule has 0 aliphatic rings. The SMILES string of the molecule is C=COS(=O)(=O)c1cccc(OS(=O)(=O)C(F)(F)F)c1.[H-].[Na+]. The number of benzene rings is 1. The van der Waals surface area contributed by atoms with Crippen LogP contribution in [0, 0.1) is 0 Å². The van der Waals surface area contributed by atoms with Crippen LogP contribution in [0.2, 0.25) is 0 Å². The van der Waals surface area contributed by atoms with Crippen LogP contribution >= 0.6 is 0 Å². The van der Waals surface area contributed by atoms with Crippen molar-refractivity contribution in [3.63, 3.8) is 0 Å². The first-order valence-electron chi connectivity index (χ1n) is 4.64. The van der Waals surface area contributed by atoms with E-state index in [9.17, 15) is 30.0 Å². The van der Waals surface area contributed by atoms with Crippen molar-refractivity contribution in [1.82, 2.24) is 0 Å². The van der Waals surface area contributed by atoms with Crippen LogP contribution in [-0.2, 0) is 24.4 Å². The Morgan fingerprint density at radius 1 is 1.19 bits per heavy atom. The first-order chi connectivity index (χ1) is 8.99. The van der Waals surface area contributed by atoms with Gasteiger partial charge in [-0.3, -0.25) is 0 Å². The molecule has 1 rings (SSSR count). The molecule has 0 bridgehead atoms. The van der Waals surface area contributed by atoms with Gasteiger partial charge in [-0.25, -0.2) is 0 Å². The Balaban J connectivity index is 0. The molecule has 21 heavy (non-hydrogen) atoms. The van der Waals surface area contributed by atoms with E-state index in [2.05, 4.69) is 14.9 Å². The van der Waals surface area contributed by atoms with Crippen molar-refractivity contribution < 1.29 is 69.4 Å². The van der Waals surface area contributed by atoms with E-state index in [1.54, 1.807) is 0 Å². The van der Waals surface area contributed by atoms with E-state index in [0.29, 0.717) is 12.3 Å². The van der Waals surface area contributed by atoms with Gasteiger partial charge in [-0.15, -0.1) is 0 Å². The van der Waals surface area contributed by atoms with Crippen LogP contribution in [0.5, 0.6) is 5.75 Å². The fourth-order valence-corrected chi connectivity index (χ4v) is 2.25. The van der Waals surface area contributed by atoms with E-state index in [1.807, 2.05) is 0 Å². The summed E-state index contributed by atoms with van der Waals surface area (Å²) in [7, 11) is -10.2. The molecule has 0 aromatic heterocycles. The fourth-order valence-electron chi connectivity index (χ4n) is 1.00. The van der Waals surface area contributed by atoms with Gasteiger partial charge >= 0.3 is 55.3 Å². The van der Waals surface area contributed by atoms with Crippen molar-refractivity contribution in [1.29, 1.82) is 0 Å². The van der Waals surface area contributed by atoms with E-state index < -0.39 is 36.4 Å². The maximum atomic E-state index is 12.1. The number of halogens is 3. The molecule has 12 heteroatoms. The van der Waals surface area contributed by atoms with Gasteiger partial charge in [0.15, 0.2) is 0 Å². The smallest absolute Gasteiger partial charge is 1.00 e. The molecule has 0 radical (unpaired) electrons. The second kappa shape index (κ2) is 7.01. The maximum absolute atomic E-state index is 12.1. The number of hydrogen-bond acceptors (Lipinski definition) is 6. The summed E-state index contributed by atoms with van der Waals surface area (Å²) in [4.78, 5) is -0.590. The van der Waals surface area contributed by atoms with E-state index in [4.69, 9.17) is 0 Å². The van der Waals surface area contributed by atoms with Gasteiger partial charge in [-0.05, 0) is 12.1 Å². The molecule has 0 N–H and O–H groups in total. The molecular formula is C9H8F3NaO6S2. The van der Waals surface area contributed by atoms with Crippen molar-refractivity contribution in [3.05, 3.63) is 37.1 Å². The molecule has 0 aliphatic carbocycles. The van der Waals surface area contributed by atoms with Gasteiger partial charge in [0.25, 0.3) is 0 Å². The van der Waals surface area contributed by atoms with Crippen LogP contribution in [0.15, 0.2) is 42.0 Å². The number of rotatable bonds is 5. The monoisotopic (exact) mass is 356 g/mol. The zero-order chi connectivity index (χ0) is 15.6. The molecule has 114 valence electrons. The Bertz CT molecular complexity index is 717. The zero-order valence-electron chi connectivity index (χ0n) is 11.5. The molecule has 0 atom stereocenters. The Hall–Kier alpha value is -0.750. The predicted octanol–water partition coefficient (Wildman–Crippen LogP) is -1.12. The first kappa shape index (κ1) is 20.2. The van der Waals surface area contributed by atoms with E-state index in [-0.39, 0.29) is 31.0 Å². The minimum atomic E-state index is -5.88. The van der Waals surface area contributed by atoms with E-state index in [0.717, 1.165) is 18.2 Å². The van der Waals surface area contributed by atoms with Crippen LogP contribution < -0.4 is 33.7 Å². The molecular weight excluding hydrogens is 348 g/mol. The molecule has 0 aliphatic heterocycles. The molecule has 1 aromatic rings. The van der Waals surface area contributed by atoms with Crippen molar-refractivity contribution in [3.8, 4) is 5.75 Å². The second-order valence-electron chi connectivity index (χ2n) is 3.18. The third-order valence-electron chi connectivity index (χ3n) is 1.78. The molecule has 6 nitrogen and oxygen atoms in total. The van der Waals surface area contributed by atoms with Gasteiger partial charge in [0, 0.05) is 6.07 Å². The zero-order valence-corrected chi connectivity index (χ0v) is 14.1. The van der Waals surface area contributed by atoms with Crippen molar-refractivity contribution >= 4 is 20.2 Å². The Labute approximate surface area is 142 Å². The standard InChI is InChI=1S/C9H7F3O6S2.Na.H/c1-2-17-19(13,14)8-5-3-4-7(6-8)18-20(15,16)9(10,11)12;;/h2-6H,1H2;;/q;+1;-1. The third kappa shape index (κ3) is 5.18. The molecule has 0 saturated heterocycles. The normalized spacial score (nSPS) is 12.1. The summed E-state index contributed by atoms with van der Waals surface area (Å²) >= 11 is 0. The largest absolute Gasteiger partial charge is 1.00 e. The predicted molar refractivity (Wildman–Crippen MR) is 61.6 cm³/mol. The average Bonchev–Trinajstić information content (AvgIpc) is 2.27. The molecule has 0 heterocycles. The van der Waals surface area contributed by atoms with Gasteiger partial charge < -0.3 is 9.79 Å². The van der Waals surface area contributed by atoms with Gasteiger partial charge in [0.1, 0.15) is 10.6 Å². The topological polar surface area (TPSA) is 86.7 Å². The van der Waals surface area contributed by atoms with Gasteiger partial charge in [0.05, 0.1) is 6.26 Å². The van der Waals surface area contributed by atoms with Crippen LogP contribution in [-0.4, -0.2) is 22.3 Å². The summed E-state index contributed by atoms with van der Waals surface area (Å²) in [6, 6.07) is 3.38. The summed E-state index contributed by atoms with van der Waals surface area (Å²) in [5.41, 5.74) is -5.63. The van der Waals surface area contributed by atoms with E-state index >= 15 is 0 Å². The van der Waals surface area contributed by atoms with Crippen molar-refractivity contribution in [2.45, 2.75) is 10.4 Å². The number of alkyl halides is 3. The minimum Gasteiger partial charge on any atom is -1.00 e. The molecule has 1 aromatic carbocycles. The van der Waals surface area contributed by atoms with Crippen LogP contribution in [0.25, 0.3) is 0 Å².